The molecule has 1 aliphatic carbocycles. The van der Waals surface area contributed by atoms with E-state index in [1.165, 1.54) is 12.1 Å². The molecule has 0 aromatic carbocycles. The summed E-state index contributed by atoms with van der Waals surface area (Å²) >= 11 is 0. The van der Waals surface area contributed by atoms with Crippen LogP contribution in [0.1, 0.15) is 138 Å². The fraction of sp³-hybridized carbons (Fsp3) is 0.750. The summed E-state index contributed by atoms with van der Waals surface area (Å²) < 4.78 is 9.96. The molecule has 0 spiro atoms. The Morgan fingerprint density at radius 3 is 2.13 bits per heavy atom. The number of carbonyl (C=O) groups excluding carboxylic acids is 2. The zero-order valence-corrected chi connectivity index (χ0v) is 27.5. The molecule has 1 aliphatic rings. The number of hydrogen-bond acceptors (Lipinski definition) is 6. The first-order valence-electron chi connectivity index (χ1n) is 14.9. The number of carbonyl (C=O) groups is 2. The second-order valence-corrected chi connectivity index (χ2v) is 9.69. The van der Waals surface area contributed by atoms with Gasteiger partial charge in [-0.3, -0.25) is 19.7 Å². The van der Waals surface area contributed by atoms with Crippen LogP contribution in [0.2, 0.25) is 0 Å². The third-order valence-electron chi connectivity index (χ3n) is 5.99. The number of nitrogens with one attached hydrogen (secondary N) is 1. The number of nitrogens with zero attached hydrogens (tertiary/aromatic N) is 2. The highest BCUT2D eigenvalue weighted by Crippen LogP contribution is 2.35. The summed E-state index contributed by atoms with van der Waals surface area (Å²) in [5.74, 6) is 1.91. The lowest BCUT2D eigenvalue weighted by Gasteiger charge is -2.07. The zero-order valence-electron chi connectivity index (χ0n) is 27.5. The Labute approximate surface area is 240 Å². The monoisotopic (exact) mass is 551 g/mol. The molecule has 228 valence electrons. The lowest BCUT2D eigenvalue weighted by atomic mass is 10.0. The molecule has 39 heavy (non-hydrogen) atoms. The van der Waals surface area contributed by atoms with Gasteiger partial charge < -0.3 is 9.47 Å². The van der Waals surface area contributed by atoms with Crippen LogP contribution in [0, 0.1) is 5.92 Å². The summed E-state index contributed by atoms with van der Waals surface area (Å²) in [6, 6.07) is 2.14. The Hall–Kier alpha value is -2.28. The topological polar surface area (TPSA) is 93.6 Å². The average molecular weight is 552 g/mol. The molecule has 1 aromatic heterocycles. The van der Waals surface area contributed by atoms with Crippen LogP contribution >= 0.6 is 0 Å². The van der Waals surface area contributed by atoms with Crippen LogP contribution in [0.4, 0.5) is 0 Å². The molecule has 1 fully saturated rings. The number of aromatic nitrogens is 2. The van der Waals surface area contributed by atoms with Crippen LogP contribution in [0.25, 0.3) is 0 Å². The summed E-state index contributed by atoms with van der Waals surface area (Å²) in [6.07, 6.45) is 7.94. The van der Waals surface area contributed by atoms with E-state index in [-0.39, 0.29) is 11.9 Å². The standard InChI is InChI=1S/C12H18N2O2.C11H19NO2.C5H12.2C2H6/c1-8(2)11-6-12(14-13-11)9-3-4-10(5-9)16-7-15;1-5-6-10(9(2)13)7-11(12-3)8-14-4;1-4-5(2)3;2*1-2/h6-10H,3-5H2,1-2H3,(H,13,14);7H,5-6,8H2,1-4H3;5H,4H2,1-3H3;2*1-2H3/b;10-7+,12-11?;;;. The van der Waals surface area contributed by atoms with E-state index in [0.717, 1.165) is 55.0 Å². The molecule has 1 N–H and O–H groups in total. The first-order valence-corrected chi connectivity index (χ1v) is 14.9. The van der Waals surface area contributed by atoms with Crippen molar-refractivity contribution in [1.29, 1.82) is 0 Å². The fourth-order valence-electron chi connectivity index (χ4n) is 3.42. The van der Waals surface area contributed by atoms with Gasteiger partial charge >= 0.3 is 0 Å². The van der Waals surface area contributed by atoms with E-state index in [2.05, 4.69) is 62.8 Å². The Morgan fingerprint density at radius 1 is 1.15 bits per heavy atom. The number of aromatic amines is 1. The van der Waals surface area contributed by atoms with Crippen molar-refractivity contribution in [3.05, 3.63) is 29.1 Å². The first kappa shape index (κ1) is 41.2. The molecule has 0 saturated heterocycles. The van der Waals surface area contributed by atoms with Crippen molar-refractivity contribution in [3.63, 3.8) is 0 Å². The quantitative estimate of drug-likeness (QED) is 0.169. The van der Waals surface area contributed by atoms with Crippen molar-refractivity contribution < 1.29 is 19.1 Å². The second kappa shape index (κ2) is 27.3. The van der Waals surface area contributed by atoms with Gasteiger partial charge in [-0.15, -0.1) is 0 Å². The van der Waals surface area contributed by atoms with Gasteiger partial charge in [0.15, 0.2) is 5.78 Å². The van der Waals surface area contributed by atoms with Crippen molar-refractivity contribution in [2.45, 2.75) is 133 Å². The molecule has 1 heterocycles. The minimum Gasteiger partial charge on any atom is -0.465 e. The Balaban J connectivity index is -0.000000515. The van der Waals surface area contributed by atoms with Gasteiger partial charge in [0, 0.05) is 25.8 Å². The number of aliphatic imine (C=N–C) groups is 1. The summed E-state index contributed by atoms with van der Waals surface area (Å²) in [7, 11) is 3.32. The predicted octanol–water partition coefficient (Wildman–Crippen LogP) is 8.47. The number of rotatable bonds is 11. The van der Waals surface area contributed by atoms with E-state index < -0.39 is 0 Å². The molecule has 2 atom stereocenters. The van der Waals surface area contributed by atoms with Crippen molar-refractivity contribution >= 4 is 18.0 Å². The lowest BCUT2D eigenvalue weighted by molar-refractivity contribution is -0.133. The molecule has 0 radical (unpaired) electrons. The molecule has 7 heteroatoms. The highest BCUT2D eigenvalue weighted by molar-refractivity contribution is 6.04. The molecular weight excluding hydrogens is 490 g/mol. The van der Waals surface area contributed by atoms with Gasteiger partial charge in [-0.2, -0.15) is 5.10 Å². The summed E-state index contributed by atoms with van der Waals surface area (Å²) in [6.45, 7) is 23.6. The van der Waals surface area contributed by atoms with E-state index in [9.17, 15) is 9.59 Å². The minimum absolute atomic E-state index is 0.0910. The largest absolute Gasteiger partial charge is 0.465 e. The highest BCUT2D eigenvalue weighted by atomic mass is 16.5. The molecule has 2 rings (SSSR count). The SMILES string of the molecule is CC.CC.CC(C)c1cc(C2CCC(OC=O)C2)[nH]n1.CCC(C)C.CCC/C(=C\C(COC)=NC)C(C)=O. The third kappa shape index (κ3) is 20.3. The van der Waals surface area contributed by atoms with Crippen molar-refractivity contribution in [1.82, 2.24) is 10.2 Å². The molecular formula is C32H61N3O4. The van der Waals surface area contributed by atoms with Crippen LogP contribution in [0.5, 0.6) is 0 Å². The number of methoxy groups -OCH3 is 1. The van der Waals surface area contributed by atoms with E-state index in [1.807, 2.05) is 33.8 Å². The Morgan fingerprint density at radius 2 is 1.74 bits per heavy atom. The van der Waals surface area contributed by atoms with Crippen molar-refractivity contribution in [2.24, 2.45) is 10.9 Å². The number of allylic oxidation sites excluding steroid dienone is 1. The normalized spacial score (nSPS) is 16.5. The van der Waals surface area contributed by atoms with Gasteiger partial charge in [0.25, 0.3) is 6.47 Å². The molecule has 0 amide bonds. The van der Waals surface area contributed by atoms with Gasteiger partial charge in [0.05, 0.1) is 18.0 Å². The number of ketones is 1. The first-order chi connectivity index (χ1) is 18.6. The number of hydrogen-bond donors (Lipinski definition) is 1. The van der Waals surface area contributed by atoms with E-state index >= 15 is 0 Å². The molecule has 2 unspecified atom stereocenters. The number of ether oxygens (including phenoxy) is 2. The molecule has 0 aliphatic heterocycles. The summed E-state index contributed by atoms with van der Waals surface area (Å²) in [4.78, 5) is 25.5. The van der Waals surface area contributed by atoms with Gasteiger partial charge in [-0.1, -0.05) is 82.1 Å². The molecule has 7 nitrogen and oxygen atoms in total. The number of Topliss-reactive ketones (excluding diaryl/α,β-unsaturated/α-hetero) is 1. The van der Waals surface area contributed by atoms with E-state index in [0.29, 0.717) is 24.9 Å². The van der Waals surface area contributed by atoms with Gasteiger partial charge in [0.1, 0.15) is 6.10 Å². The Bertz CT molecular complexity index is 782. The van der Waals surface area contributed by atoms with Crippen molar-refractivity contribution in [2.75, 3.05) is 20.8 Å². The molecule has 1 aromatic rings. The van der Waals surface area contributed by atoms with E-state index in [4.69, 9.17) is 9.47 Å². The lowest BCUT2D eigenvalue weighted by Crippen LogP contribution is -2.07. The maximum Gasteiger partial charge on any atom is 0.293 e. The van der Waals surface area contributed by atoms with Crippen molar-refractivity contribution in [3.8, 4) is 0 Å². The summed E-state index contributed by atoms with van der Waals surface area (Å²) in [5, 5.41) is 7.39. The molecule has 0 bridgehead atoms. The highest BCUT2D eigenvalue weighted by Gasteiger charge is 2.28. The fourth-order valence-corrected chi connectivity index (χ4v) is 3.42. The van der Waals surface area contributed by atoms with Crippen LogP contribution in [0.15, 0.2) is 22.7 Å². The van der Waals surface area contributed by atoms with Crippen LogP contribution < -0.4 is 0 Å². The summed E-state index contributed by atoms with van der Waals surface area (Å²) in [5.41, 5.74) is 3.92. The van der Waals surface area contributed by atoms with E-state index in [1.54, 1.807) is 21.1 Å². The maximum absolute atomic E-state index is 11.2. The Kier molecular flexibility index (Phi) is 28.8. The smallest absolute Gasteiger partial charge is 0.293 e. The molecule has 1 saturated carbocycles. The van der Waals surface area contributed by atoms with Gasteiger partial charge in [-0.05, 0) is 62.2 Å². The zero-order chi connectivity index (χ0) is 30.8. The maximum atomic E-state index is 11.2. The van der Waals surface area contributed by atoms with Gasteiger partial charge in [-0.25, -0.2) is 0 Å². The van der Waals surface area contributed by atoms with Crippen LogP contribution in [-0.2, 0) is 19.1 Å². The number of H-pyrrole nitrogens is 1. The minimum atomic E-state index is 0.0910. The van der Waals surface area contributed by atoms with Crippen LogP contribution in [0.3, 0.4) is 0 Å². The third-order valence-corrected chi connectivity index (χ3v) is 5.99. The van der Waals surface area contributed by atoms with Gasteiger partial charge in [0.2, 0.25) is 0 Å². The predicted molar refractivity (Wildman–Crippen MR) is 167 cm³/mol. The second-order valence-electron chi connectivity index (χ2n) is 9.69. The average Bonchev–Trinajstić information content (AvgIpc) is 3.61. The van der Waals surface area contributed by atoms with Crippen LogP contribution in [-0.4, -0.2) is 55.0 Å².